The molecule has 2 aromatic rings. The zero-order chi connectivity index (χ0) is 17.1. The highest BCUT2D eigenvalue weighted by atomic mass is 16.6. The van der Waals surface area contributed by atoms with Crippen LogP contribution in [0.1, 0.15) is 28.4 Å². The number of nitrogens with one attached hydrogen (secondary N) is 2. The predicted octanol–water partition coefficient (Wildman–Crippen LogP) is 2.89. The summed E-state index contributed by atoms with van der Waals surface area (Å²) in [4.78, 5) is 23.1. The number of hydrogen-bond donors (Lipinski definition) is 2. The van der Waals surface area contributed by atoms with Crippen LogP contribution in [-0.4, -0.2) is 24.5 Å². The Morgan fingerprint density at radius 1 is 1.29 bits per heavy atom. The highest BCUT2D eigenvalue weighted by molar-refractivity contribution is 5.96. The lowest BCUT2D eigenvalue weighted by molar-refractivity contribution is -0.384. The molecule has 0 radical (unpaired) electrons. The van der Waals surface area contributed by atoms with Crippen molar-refractivity contribution >= 4 is 17.3 Å². The van der Waals surface area contributed by atoms with Gasteiger partial charge in [-0.25, -0.2) is 0 Å². The first-order chi connectivity index (χ1) is 11.6. The number of nitrogens with zero attached hydrogens (tertiary/aromatic N) is 1. The largest absolute Gasteiger partial charge is 0.493 e. The van der Waals surface area contributed by atoms with Gasteiger partial charge in [0.05, 0.1) is 17.6 Å². The Labute approximate surface area is 138 Å². The summed E-state index contributed by atoms with van der Waals surface area (Å²) >= 11 is 0. The molecule has 0 spiro atoms. The molecule has 1 amide bonds. The van der Waals surface area contributed by atoms with Crippen molar-refractivity contribution in [3.63, 3.8) is 0 Å². The monoisotopic (exact) mass is 327 g/mol. The number of anilines is 1. The molecule has 24 heavy (non-hydrogen) atoms. The van der Waals surface area contributed by atoms with Crippen molar-refractivity contribution in [3.05, 3.63) is 63.7 Å². The molecule has 3 rings (SSSR count). The number of rotatable bonds is 4. The van der Waals surface area contributed by atoms with E-state index < -0.39 is 4.92 Å². The number of hydrogen-bond acceptors (Lipinski definition) is 5. The van der Waals surface area contributed by atoms with Gasteiger partial charge in [0.2, 0.25) is 0 Å². The van der Waals surface area contributed by atoms with E-state index in [0.717, 1.165) is 11.3 Å². The van der Waals surface area contributed by atoms with Crippen LogP contribution in [0.5, 0.6) is 5.75 Å². The Balaban J connectivity index is 1.84. The normalized spacial score (nSPS) is 15.8. The summed E-state index contributed by atoms with van der Waals surface area (Å²) in [6.45, 7) is 0.515. The molecule has 0 fully saturated rings. The number of para-hydroxylation sites is 1. The van der Waals surface area contributed by atoms with Crippen molar-refractivity contribution in [2.24, 2.45) is 0 Å². The Hall–Kier alpha value is -3.09. The standard InChI is InChI=1S/C17H17N3O4/c1-18-14-7-6-11(10-15(14)20(22)23)17(21)19-13-8-9-24-16-5-3-2-4-12(13)16/h2-7,10,13,18H,8-9H2,1H3,(H,19,21)/t13-/m0/s1. The molecular weight excluding hydrogens is 310 g/mol. The van der Waals surface area contributed by atoms with Crippen LogP contribution >= 0.6 is 0 Å². The highest BCUT2D eigenvalue weighted by Gasteiger charge is 2.24. The van der Waals surface area contributed by atoms with E-state index >= 15 is 0 Å². The van der Waals surface area contributed by atoms with Gasteiger partial charge < -0.3 is 15.4 Å². The van der Waals surface area contributed by atoms with Crippen molar-refractivity contribution in [3.8, 4) is 5.75 Å². The van der Waals surface area contributed by atoms with Crippen LogP contribution in [0, 0.1) is 10.1 Å². The number of ether oxygens (including phenoxy) is 1. The third-order valence-corrected chi connectivity index (χ3v) is 3.99. The molecule has 0 aliphatic carbocycles. The van der Waals surface area contributed by atoms with Gasteiger partial charge >= 0.3 is 0 Å². The summed E-state index contributed by atoms with van der Waals surface area (Å²) in [7, 11) is 1.60. The lowest BCUT2D eigenvalue weighted by Gasteiger charge is -2.26. The van der Waals surface area contributed by atoms with Crippen molar-refractivity contribution in [1.82, 2.24) is 5.32 Å². The number of amides is 1. The number of carbonyl (C=O) groups excluding carboxylic acids is 1. The average molecular weight is 327 g/mol. The first-order valence-corrected chi connectivity index (χ1v) is 7.59. The molecule has 2 N–H and O–H groups in total. The number of fused-ring (bicyclic) bond motifs is 1. The maximum Gasteiger partial charge on any atom is 0.293 e. The maximum absolute atomic E-state index is 12.5. The molecule has 1 atom stereocenters. The van der Waals surface area contributed by atoms with Crippen LogP contribution in [-0.2, 0) is 0 Å². The van der Waals surface area contributed by atoms with Crippen LogP contribution in [0.15, 0.2) is 42.5 Å². The fraction of sp³-hybridized carbons (Fsp3) is 0.235. The maximum atomic E-state index is 12.5. The van der Waals surface area contributed by atoms with Gasteiger partial charge in [0.1, 0.15) is 11.4 Å². The van der Waals surface area contributed by atoms with E-state index in [-0.39, 0.29) is 23.2 Å². The second-order valence-corrected chi connectivity index (χ2v) is 5.44. The zero-order valence-corrected chi connectivity index (χ0v) is 13.1. The molecule has 2 aromatic carbocycles. The smallest absolute Gasteiger partial charge is 0.293 e. The van der Waals surface area contributed by atoms with Crippen LogP contribution < -0.4 is 15.4 Å². The average Bonchev–Trinajstić information content (AvgIpc) is 2.61. The van der Waals surface area contributed by atoms with Gasteiger partial charge in [-0.05, 0) is 18.2 Å². The minimum Gasteiger partial charge on any atom is -0.493 e. The first kappa shape index (κ1) is 15.8. The minimum atomic E-state index is -0.508. The summed E-state index contributed by atoms with van der Waals surface area (Å²) in [6, 6.07) is 11.7. The molecular formula is C17H17N3O4. The molecule has 0 saturated heterocycles. The van der Waals surface area contributed by atoms with Crippen LogP contribution in [0.25, 0.3) is 0 Å². The Morgan fingerprint density at radius 3 is 2.83 bits per heavy atom. The van der Waals surface area contributed by atoms with Gasteiger partial charge in [-0.2, -0.15) is 0 Å². The van der Waals surface area contributed by atoms with E-state index in [1.54, 1.807) is 13.1 Å². The lowest BCUT2D eigenvalue weighted by Crippen LogP contribution is -2.32. The lowest BCUT2D eigenvalue weighted by atomic mass is 10.00. The van der Waals surface area contributed by atoms with E-state index in [9.17, 15) is 14.9 Å². The van der Waals surface area contributed by atoms with Gasteiger partial charge in [0, 0.05) is 30.7 Å². The van der Waals surface area contributed by atoms with Gasteiger partial charge in [0.15, 0.2) is 0 Å². The van der Waals surface area contributed by atoms with Gasteiger partial charge in [-0.1, -0.05) is 18.2 Å². The summed E-state index contributed by atoms with van der Waals surface area (Å²) in [5.41, 5.74) is 1.41. The third kappa shape index (κ3) is 3.01. The summed E-state index contributed by atoms with van der Waals surface area (Å²) in [5, 5.41) is 16.8. The highest BCUT2D eigenvalue weighted by Crippen LogP contribution is 2.32. The molecule has 1 aliphatic heterocycles. The first-order valence-electron chi connectivity index (χ1n) is 7.59. The van der Waals surface area contributed by atoms with Crippen LogP contribution in [0.3, 0.4) is 0 Å². The number of benzene rings is 2. The van der Waals surface area contributed by atoms with E-state index in [1.807, 2.05) is 24.3 Å². The molecule has 0 unspecified atom stereocenters. The molecule has 7 heteroatoms. The second kappa shape index (κ2) is 6.57. The second-order valence-electron chi connectivity index (χ2n) is 5.44. The molecule has 1 aliphatic rings. The van der Waals surface area contributed by atoms with Gasteiger partial charge in [-0.15, -0.1) is 0 Å². The number of nitro benzene ring substituents is 1. The van der Waals surface area contributed by atoms with E-state index in [0.29, 0.717) is 18.7 Å². The fourth-order valence-electron chi connectivity index (χ4n) is 2.77. The van der Waals surface area contributed by atoms with E-state index in [2.05, 4.69) is 10.6 Å². The number of carbonyl (C=O) groups is 1. The third-order valence-electron chi connectivity index (χ3n) is 3.99. The quantitative estimate of drug-likeness (QED) is 0.665. The Kier molecular flexibility index (Phi) is 4.33. The SMILES string of the molecule is CNc1ccc(C(=O)N[C@H]2CCOc3ccccc32)cc1[N+](=O)[O-]. The van der Waals surface area contributed by atoms with Crippen molar-refractivity contribution in [1.29, 1.82) is 0 Å². The molecule has 124 valence electrons. The van der Waals surface area contributed by atoms with Crippen LogP contribution in [0.4, 0.5) is 11.4 Å². The summed E-state index contributed by atoms with van der Waals surface area (Å²) in [5.74, 6) is 0.410. The molecule has 1 heterocycles. The summed E-state index contributed by atoms with van der Waals surface area (Å²) < 4.78 is 5.57. The predicted molar refractivity (Wildman–Crippen MR) is 89.4 cm³/mol. The minimum absolute atomic E-state index is 0.127. The molecule has 0 saturated carbocycles. The van der Waals surface area contributed by atoms with E-state index in [4.69, 9.17) is 4.74 Å². The van der Waals surface area contributed by atoms with Crippen molar-refractivity contribution in [2.75, 3.05) is 19.0 Å². The van der Waals surface area contributed by atoms with Gasteiger partial charge in [-0.3, -0.25) is 14.9 Å². The van der Waals surface area contributed by atoms with Crippen molar-refractivity contribution < 1.29 is 14.5 Å². The topological polar surface area (TPSA) is 93.5 Å². The molecule has 0 bridgehead atoms. The molecule has 7 nitrogen and oxygen atoms in total. The Morgan fingerprint density at radius 2 is 2.08 bits per heavy atom. The van der Waals surface area contributed by atoms with Gasteiger partial charge in [0.25, 0.3) is 11.6 Å². The fourth-order valence-corrected chi connectivity index (χ4v) is 2.77. The number of nitro groups is 1. The zero-order valence-electron chi connectivity index (χ0n) is 13.1. The molecule has 0 aromatic heterocycles. The Bertz CT molecular complexity index is 791. The van der Waals surface area contributed by atoms with E-state index in [1.165, 1.54) is 12.1 Å². The summed E-state index contributed by atoms with van der Waals surface area (Å²) in [6.07, 6.45) is 0.652. The van der Waals surface area contributed by atoms with Crippen molar-refractivity contribution in [2.45, 2.75) is 12.5 Å². The van der Waals surface area contributed by atoms with Crippen LogP contribution in [0.2, 0.25) is 0 Å².